The summed E-state index contributed by atoms with van der Waals surface area (Å²) in [6, 6.07) is 6.07. The number of H-pyrrole nitrogens is 1. The Hall–Kier alpha value is -0.590. The number of nitrogens with two attached hydrogens (primary N) is 1. The molecule has 0 radical (unpaired) electrons. The highest BCUT2D eigenvalue weighted by molar-refractivity contribution is 9.10. The number of nitrogen functional groups attached to an aromatic ring is 1. The maximum atomic E-state index is 5.62. The Labute approximate surface area is 117 Å². The molecule has 17 heavy (non-hydrogen) atoms. The summed E-state index contributed by atoms with van der Waals surface area (Å²) in [6.07, 6.45) is 4.15. The van der Waals surface area contributed by atoms with Crippen LogP contribution in [0.4, 0.5) is 5.82 Å². The lowest BCUT2D eigenvalue weighted by Gasteiger charge is -2.09. The monoisotopic (exact) mass is 329 g/mol. The number of anilines is 1. The highest BCUT2D eigenvalue weighted by atomic mass is 79.9. The lowest BCUT2D eigenvalue weighted by atomic mass is 10.1. The van der Waals surface area contributed by atoms with Crippen LogP contribution in [0.25, 0.3) is 11.3 Å². The molecule has 0 fully saturated rings. The van der Waals surface area contributed by atoms with E-state index in [2.05, 4.69) is 50.8 Å². The zero-order valence-electron chi connectivity index (χ0n) is 9.45. The van der Waals surface area contributed by atoms with E-state index in [-0.39, 0.29) is 0 Å². The third-order valence-electron chi connectivity index (χ3n) is 2.34. The van der Waals surface area contributed by atoms with Crippen LogP contribution in [0.15, 0.2) is 32.5 Å². The zero-order chi connectivity index (χ0) is 12.4. The van der Waals surface area contributed by atoms with Gasteiger partial charge < -0.3 is 5.73 Å². The summed E-state index contributed by atoms with van der Waals surface area (Å²) in [5, 5.41) is 6.87. The standard InChI is InChI=1S/C11H12BrN3S2/c1-16-9-4-6(3-7(12)11(9)17-2)8-5-10(13)15-14-8/h3-5H,1-2H3,(H3,13,14,15). The highest BCUT2D eigenvalue weighted by Gasteiger charge is 2.10. The Morgan fingerprint density at radius 1 is 1.24 bits per heavy atom. The van der Waals surface area contributed by atoms with E-state index in [0.29, 0.717) is 5.82 Å². The predicted molar refractivity (Wildman–Crippen MR) is 79.7 cm³/mol. The van der Waals surface area contributed by atoms with Gasteiger partial charge in [0.05, 0.1) is 5.69 Å². The molecule has 0 bridgehead atoms. The molecule has 0 aliphatic rings. The Kier molecular flexibility index (Phi) is 4.06. The van der Waals surface area contributed by atoms with Crippen molar-refractivity contribution in [1.82, 2.24) is 10.2 Å². The van der Waals surface area contributed by atoms with Crippen LogP contribution in [0.5, 0.6) is 0 Å². The van der Waals surface area contributed by atoms with Crippen LogP contribution in [-0.4, -0.2) is 22.7 Å². The number of hydrogen-bond acceptors (Lipinski definition) is 4. The van der Waals surface area contributed by atoms with Crippen molar-refractivity contribution in [1.29, 1.82) is 0 Å². The number of halogens is 1. The Morgan fingerprint density at radius 2 is 2.00 bits per heavy atom. The van der Waals surface area contributed by atoms with Gasteiger partial charge >= 0.3 is 0 Å². The summed E-state index contributed by atoms with van der Waals surface area (Å²) in [4.78, 5) is 2.50. The van der Waals surface area contributed by atoms with Crippen LogP contribution < -0.4 is 5.73 Å². The largest absolute Gasteiger partial charge is 0.382 e. The zero-order valence-corrected chi connectivity index (χ0v) is 12.7. The van der Waals surface area contributed by atoms with E-state index >= 15 is 0 Å². The van der Waals surface area contributed by atoms with Gasteiger partial charge in [-0.15, -0.1) is 23.5 Å². The lowest BCUT2D eigenvalue weighted by molar-refractivity contribution is 1.10. The summed E-state index contributed by atoms with van der Waals surface area (Å²) in [5.41, 5.74) is 7.64. The van der Waals surface area contributed by atoms with Crippen molar-refractivity contribution in [2.24, 2.45) is 0 Å². The number of aromatic amines is 1. The van der Waals surface area contributed by atoms with Crippen LogP contribution >= 0.6 is 39.5 Å². The van der Waals surface area contributed by atoms with Crippen molar-refractivity contribution in [3.05, 3.63) is 22.7 Å². The molecule has 0 saturated carbocycles. The van der Waals surface area contributed by atoms with E-state index in [1.807, 2.05) is 6.07 Å². The van der Waals surface area contributed by atoms with Crippen molar-refractivity contribution < 1.29 is 0 Å². The third-order valence-corrected chi connectivity index (χ3v) is 4.97. The maximum absolute atomic E-state index is 5.62. The van der Waals surface area contributed by atoms with Gasteiger partial charge in [-0.25, -0.2) is 0 Å². The van der Waals surface area contributed by atoms with Gasteiger partial charge in [0.2, 0.25) is 0 Å². The second-order valence-corrected chi connectivity index (χ2v) is 5.92. The van der Waals surface area contributed by atoms with Crippen LogP contribution in [-0.2, 0) is 0 Å². The Balaban J connectivity index is 2.53. The average molecular weight is 330 g/mol. The second kappa shape index (κ2) is 5.37. The maximum Gasteiger partial charge on any atom is 0.145 e. The van der Waals surface area contributed by atoms with Crippen molar-refractivity contribution in [2.45, 2.75) is 9.79 Å². The summed E-state index contributed by atoms with van der Waals surface area (Å²) in [7, 11) is 0. The number of hydrogen-bond donors (Lipinski definition) is 2. The molecule has 0 unspecified atom stereocenters. The minimum Gasteiger partial charge on any atom is -0.382 e. The molecule has 0 spiro atoms. The van der Waals surface area contributed by atoms with E-state index in [9.17, 15) is 0 Å². The minimum absolute atomic E-state index is 0.510. The van der Waals surface area contributed by atoms with Crippen LogP contribution in [0.2, 0.25) is 0 Å². The SMILES string of the molecule is CSc1cc(-c2cc(N)n[nH]2)cc(Br)c1SC. The highest BCUT2D eigenvalue weighted by Crippen LogP contribution is 2.38. The van der Waals surface area contributed by atoms with Crippen molar-refractivity contribution in [2.75, 3.05) is 18.2 Å². The first kappa shape index (κ1) is 12.9. The molecular formula is C11H12BrN3S2. The number of aromatic nitrogens is 2. The fourth-order valence-corrected chi connectivity index (χ4v) is 4.19. The van der Waals surface area contributed by atoms with Crippen molar-refractivity contribution in [3.63, 3.8) is 0 Å². The fourth-order valence-electron chi connectivity index (χ4n) is 1.56. The second-order valence-electron chi connectivity index (χ2n) is 3.40. The average Bonchev–Trinajstić information content (AvgIpc) is 2.74. The summed E-state index contributed by atoms with van der Waals surface area (Å²) < 4.78 is 1.10. The van der Waals surface area contributed by atoms with Gasteiger partial charge in [0.25, 0.3) is 0 Å². The van der Waals surface area contributed by atoms with Crippen LogP contribution in [0.1, 0.15) is 0 Å². The minimum atomic E-state index is 0.510. The molecule has 0 saturated heterocycles. The van der Waals surface area contributed by atoms with Gasteiger partial charge in [0.1, 0.15) is 5.82 Å². The molecule has 6 heteroatoms. The molecule has 0 atom stereocenters. The summed E-state index contributed by atoms with van der Waals surface area (Å²) >= 11 is 7.07. The quantitative estimate of drug-likeness (QED) is 0.839. The molecule has 90 valence electrons. The van der Waals surface area contributed by atoms with Gasteiger partial charge in [-0.1, -0.05) is 0 Å². The molecule has 1 aromatic carbocycles. The van der Waals surface area contributed by atoms with E-state index in [4.69, 9.17) is 5.73 Å². The molecule has 0 aliphatic heterocycles. The normalized spacial score (nSPS) is 10.8. The number of benzene rings is 1. The van der Waals surface area contributed by atoms with Crippen molar-refractivity contribution in [3.8, 4) is 11.3 Å². The first-order valence-corrected chi connectivity index (χ1v) is 8.12. The Bertz CT molecular complexity index is 540. The van der Waals surface area contributed by atoms with Gasteiger partial charge in [0, 0.05) is 25.9 Å². The van der Waals surface area contributed by atoms with E-state index < -0.39 is 0 Å². The molecule has 0 amide bonds. The molecule has 1 aromatic heterocycles. The smallest absolute Gasteiger partial charge is 0.145 e. The molecule has 0 aliphatic carbocycles. The van der Waals surface area contributed by atoms with Gasteiger partial charge in [-0.05, 0) is 40.6 Å². The van der Waals surface area contributed by atoms with E-state index in [1.54, 1.807) is 23.5 Å². The van der Waals surface area contributed by atoms with Gasteiger partial charge in [0.15, 0.2) is 0 Å². The van der Waals surface area contributed by atoms with Crippen molar-refractivity contribution >= 4 is 45.3 Å². The Morgan fingerprint density at radius 3 is 2.53 bits per heavy atom. The summed E-state index contributed by atoms with van der Waals surface area (Å²) in [5.74, 6) is 0.510. The molecular weight excluding hydrogens is 318 g/mol. The van der Waals surface area contributed by atoms with Gasteiger partial charge in [-0.2, -0.15) is 5.10 Å². The predicted octanol–water partition coefficient (Wildman–Crippen LogP) is 3.87. The molecule has 3 N–H and O–H groups in total. The molecule has 3 nitrogen and oxygen atoms in total. The number of nitrogens with one attached hydrogen (secondary N) is 1. The molecule has 2 rings (SSSR count). The number of rotatable bonds is 3. The van der Waals surface area contributed by atoms with Gasteiger partial charge in [-0.3, -0.25) is 5.10 Å². The van der Waals surface area contributed by atoms with Crippen LogP contribution in [0.3, 0.4) is 0 Å². The van der Waals surface area contributed by atoms with E-state index in [0.717, 1.165) is 15.7 Å². The topological polar surface area (TPSA) is 54.7 Å². The first-order valence-electron chi connectivity index (χ1n) is 4.88. The summed E-state index contributed by atoms with van der Waals surface area (Å²) in [6.45, 7) is 0. The van der Waals surface area contributed by atoms with Crippen LogP contribution in [0, 0.1) is 0 Å². The molecule has 2 aromatic rings. The first-order chi connectivity index (χ1) is 8.15. The third kappa shape index (κ3) is 2.64. The fraction of sp³-hybridized carbons (Fsp3) is 0.182. The number of thioether (sulfide) groups is 2. The lowest BCUT2D eigenvalue weighted by Crippen LogP contribution is -1.85. The molecule has 1 heterocycles. The van der Waals surface area contributed by atoms with E-state index in [1.165, 1.54) is 9.79 Å². The number of nitrogens with zero attached hydrogens (tertiary/aromatic N) is 1.